The number of carbonyl (C=O) groups is 1. The third-order valence-corrected chi connectivity index (χ3v) is 4.07. The molecule has 0 bridgehead atoms. The van der Waals surface area contributed by atoms with Crippen molar-refractivity contribution < 1.29 is 4.79 Å². The second-order valence-electron chi connectivity index (χ2n) is 6.50. The Labute approximate surface area is 129 Å². The van der Waals surface area contributed by atoms with E-state index in [0.29, 0.717) is 12.3 Å². The van der Waals surface area contributed by atoms with Gasteiger partial charge in [0.2, 0.25) is 5.91 Å². The molecular weight excluding hydrogens is 264 g/mol. The second kappa shape index (κ2) is 9.01. The van der Waals surface area contributed by atoms with Gasteiger partial charge < -0.3 is 9.80 Å². The number of nitriles is 1. The van der Waals surface area contributed by atoms with Gasteiger partial charge in [-0.25, -0.2) is 0 Å². The maximum absolute atomic E-state index is 12.2. The first kappa shape index (κ1) is 17.9. The fourth-order valence-corrected chi connectivity index (χ4v) is 2.76. The molecule has 5 nitrogen and oxygen atoms in total. The molecule has 0 spiro atoms. The van der Waals surface area contributed by atoms with Gasteiger partial charge in [-0.15, -0.1) is 0 Å². The summed E-state index contributed by atoms with van der Waals surface area (Å²) >= 11 is 0. The van der Waals surface area contributed by atoms with Crippen molar-refractivity contribution in [1.29, 1.82) is 5.26 Å². The zero-order valence-electron chi connectivity index (χ0n) is 14.0. The standard InChI is InChI=1S/C16H30N4O/c1-14(2)15(13-17)19-9-11-20(12-10-19)16(21)7-5-6-8-18(3)4/h14-15H,5-12H2,1-4H3. The molecule has 0 aromatic carbocycles. The Hall–Kier alpha value is -1.12. The van der Waals surface area contributed by atoms with Gasteiger partial charge in [-0.05, 0) is 39.4 Å². The SMILES string of the molecule is CC(C)C(C#N)N1CCN(C(=O)CCCCN(C)C)CC1. The summed E-state index contributed by atoms with van der Waals surface area (Å²) in [5.41, 5.74) is 0. The molecule has 1 unspecified atom stereocenters. The average Bonchev–Trinajstić information content (AvgIpc) is 2.44. The van der Waals surface area contributed by atoms with Gasteiger partial charge in [0.25, 0.3) is 0 Å². The third-order valence-electron chi connectivity index (χ3n) is 4.07. The molecule has 1 fully saturated rings. The Kier molecular flexibility index (Phi) is 7.69. The molecule has 1 heterocycles. The Morgan fingerprint density at radius 3 is 2.29 bits per heavy atom. The van der Waals surface area contributed by atoms with Crippen molar-refractivity contribution in [3.8, 4) is 6.07 Å². The van der Waals surface area contributed by atoms with E-state index in [9.17, 15) is 10.1 Å². The zero-order chi connectivity index (χ0) is 15.8. The Balaban J connectivity index is 2.29. The van der Waals surface area contributed by atoms with Crippen molar-refractivity contribution in [1.82, 2.24) is 14.7 Å². The topological polar surface area (TPSA) is 50.6 Å². The molecule has 1 rings (SSSR count). The first-order chi connectivity index (χ1) is 9.95. The molecule has 5 heteroatoms. The fourth-order valence-electron chi connectivity index (χ4n) is 2.76. The maximum Gasteiger partial charge on any atom is 0.222 e. The number of nitrogens with zero attached hydrogens (tertiary/aromatic N) is 4. The van der Waals surface area contributed by atoms with E-state index in [4.69, 9.17) is 0 Å². The average molecular weight is 294 g/mol. The van der Waals surface area contributed by atoms with Gasteiger partial charge in [-0.1, -0.05) is 13.8 Å². The van der Waals surface area contributed by atoms with Crippen LogP contribution in [-0.4, -0.2) is 73.5 Å². The first-order valence-electron chi connectivity index (χ1n) is 8.02. The molecule has 1 aliphatic heterocycles. The molecule has 1 aliphatic rings. The van der Waals surface area contributed by atoms with Crippen molar-refractivity contribution in [3.05, 3.63) is 0 Å². The zero-order valence-corrected chi connectivity index (χ0v) is 14.0. The van der Waals surface area contributed by atoms with Gasteiger partial charge in [0.1, 0.15) is 6.04 Å². The molecule has 0 saturated carbocycles. The number of piperazine rings is 1. The minimum Gasteiger partial charge on any atom is -0.340 e. The van der Waals surface area contributed by atoms with Crippen LogP contribution < -0.4 is 0 Å². The van der Waals surface area contributed by atoms with E-state index in [1.165, 1.54) is 0 Å². The molecule has 1 saturated heterocycles. The molecule has 0 radical (unpaired) electrons. The first-order valence-corrected chi connectivity index (χ1v) is 8.02. The van der Waals surface area contributed by atoms with Crippen molar-refractivity contribution >= 4 is 5.91 Å². The van der Waals surface area contributed by atoms with E-state index in [0.717, 1.165) is 45.6 Å². The predicted molar refractivity (Wildman–Crippen MR) is 84.8 cm³/mol. The summed E-state index contributed by atoms with van der Waals surface area (Å²) in [7, 11) is 4.11. The van der Waals surface area contributed by atoms with Crippen LogP contribution in [0.4, 0.5) is 0 Å². The smallest absolute Gasteiger partial charge is 0.222 e. The number of unbranched alkanes of at least 4 members (excludes halogenated alkanes) is 1. The van der Waals surface area contributed by atoms with Gasteiger partial charge in [-0.2, -0.15) is 5.26 Å². The summed E-state index contributed by atoms with van der Waals surface area (Å²) in [4.78, 5) is 18.5. The van der Waals surface area contributed by atoms with E-state index >= 15 is 0 Å². The number of amides is 1. The maximum atomic E-state index is 12.2. The summed E-state index contributed by atoms with van der Waals surface area (Å²) in [6, 6.07) is 2.36. The lowest BCUT2D eigenvalue weighted by Crippen LogP contribution is -2.52. The fraction of sp³-hybridized carbons (Fsp3) is 0.875. The highest BCUT2D eigenvalue weighted by Crippen LogP contribution is 2.14. The van der Waals surface area contributed by atoms with E-state index in [2.05, 4.69) is 43.8 Å². The van der Waals surface area contributed by atoms with Crippen molar-refractivity contribution in [2.24, 2.45) is 5.92 Å². The Morgan fingerprint density at radius 2 is 1.81 bits per heavy atom. The molecule has 0 aromatic rings. The van der Waals surface area contributed by atoms with Crippen LogP contribution in [0.5, 0.6) is 0 Å². The van der Waals surface area contributed by atoms with Crippen LogP contribution in [0.1, 0.15) is 33.1 Å². The van der Waals surface area contributed by atoms with Gasteiger partial charge in [-0.3, -0.25) is 9.69 Å². The Morgan fingerprint density at radius 1 is 1.19 bits per heavy atom. The van der Waals surface area contributed by atoms with Crippen molar-refractivity contribution in [2.45, 2.75) is 39.2 Å². The molecule has 120 valence electrons. The van der Waals surface area contributed by atoms with Crippen LogP contribution in [0.3, 0.4) is 0 Å². The van der Waals surface area contributed by atoms with Crippen LogP contribution in [-0.2, 0) is 4.79 Å². The number of hydrogen-bond acceptors (Lipinski definition) is 4. The van der Waals surface area contributed by atoms with E-state index in [1.807, 2.05) is 4.90 Å². The number of carbonyl (C=O) groups excluding carboxylic acids is 1. The number of hydrogen-bond donors (Lipinski definition) is 0. The highest BCUT2D eigenvalue weighted by Gasteiger charge is 2.27. The summed E-state index contributed by atoms with van der Waals surface area (Å²) in [6.45, 7) is 8.36. The number of rotatable bonds is 7. The van der Waals surface area contributed by atoms with Crippen molar-refractivity contribution in [2.75, 3.05) is 46.8 Å². The van der Waals surface area contributed by atoms with Crippen LogP contribution in [0.25, 0.3) is 0 Å². The normalized spacial score (nSPS) is 18.0. The van der Waals surface area contributed by atoms with Gasteiger partial charge in [0, 0.05) is 32.6 Å². The summed E-state index contributed by atoms with van der Waals surface area (Å²) < 4.78 is 0. The molecule has 1 atom stereocenters. The lowest BCUT2D eigenvalue weighted by Gasteiger charge is -2.38. The van der Waals surface area contributed by atoms with E-state index in [1.54, 1.807) is 0 Å². The Bertz CT molecular complexity index is 354. The molecule has 0 N–H and O–H groups in total. The van der Waals surface area contributed by atoms with E-state index < -0.39 is 0 Å². The largest absolute Gasteiger partial charge is 0.340 e. The van der Waals surface area contributed by atoms with Crippen LogP contribution in [0.2, 0.25) is 0 Å². The van der Waals surface area contributed by atoms with Gasteiger partial charge in [0.05, 0.1) is 6.07 Å². The molecule has 0 aromatic heterocycles. The third kappa shape index (κ3) is 6.03. The molecule has 21 heavy (non-hydrogen) atoms. The summed E-state index contributed by atoms with van der Waals surface area (Å²) in [6.07, 6.45) is 2.69. The predicted octanol–water partition coefficient (Wildman–Crippen LogP) is 1.41. The summed E-state index contributed by atoms with van der Waals surface area (Å²) in [5, 5.41) is 9.24. The molecular formula is C16H30N4O. The van der Waals surface area contributed by atoms with Gasteiger partial charge in [0.15, 0.2) is 0 Å². The summed E-state index contributed by atoms with van der Waals surface area (Å²) in [5.74, 6) is 0.606. The lowest BCUT2D eigenvalue weighted by molar-refractivity contribution is -0.133. The second-order valence-corrected chi connectivity index (χ2v) is 6.50. The van der Waals surface area contributed by atoms with Crippen molar-refractivity contribution in [3.63, 3.8) is 0 Å². The van der Waals surface area contributed by atoms with Crippen LogP contribution >= 0.6 is 0 Å². The molecule has 1 amide bonds. The van der Waals surface area contributed by atoms with E-state index in [-0.39, 0.29) is 11.9 Å². The minimum atomic E-state index is -0.0256. The lowest BCUT2D eigenvalue weighted by atomic mass is 10.0. The highest BCUT2D eigenvalue weighted by atomic mass is 16.2. The molecule has 0 aliphatic carbocycles. The van der Waals surface area contributed by atoms with Crippen LogP contribution in [0.15, 0.2) is 0 Å². The van der Waals surface area contributed by atoms with Gasteiger partial charge >= 0.3 is 0 Å². The monoisotopic (exact) mass is 294 g/mol. The van der Waals surface area contributed by atoms with Crippen LogP contribution in [0, 0.1) is 17.2 Å². The minimum absolute atomic E-state index is 0.0256. The highest BCUT2D eigenvalue weighted by molar-refractivity contribution is 5.76. The quantitative estimate of drug-likeness (QED) is 0.666.